The van der Waals surface area contributed by atoms with E-state index in [4.69, 9.17) is 4.74 Å². The Labute approximate surface area is 160 Å². The van der Waals surface area contributed by atoms with Crippen molar-refractivity contribution in [3.63, 3.8) is 0 Å². The summed E-state index contributed by atoms with van der Waals surface area (Å²) in [7, 11) is 5.71. The first kappa shape index (κ1) is 20.4. The average molecular weight is 372 g/mol. The van der Waals surface area contributed by atoms with Gasteiger partial charge in [-0.1, -0.05) is 6.07 Å². The normalized spacial score (nSPS) is 10.6. The van der Waals surface area contributed by atoms with Crippen LogP contribution >= 0.6 is 0 Å². The summed E-state index contributed by atoms with van der Waals surface area (Å²) in [5.74, 6) is 1.62. The number of carbonyl (C=O) groups is 1. The Morgan fingerprint density at radius 1 is 1.15 bits per heavy atom. The zero-order valence-corrected chi connectivity index (χ0v) is 16.4. The van der Waals surface area contributed by atoms with Crippen molar-refractivity contribution in [2.45, 2.75) is 19.8 Å². The van der Waals surface area contributed by atoms with Gasteiger partial charge in [0.05, 0.1) is 7.11 Å². The van der Waals surface area contributed by atoms with Crippen LogP contribution < -0.4 is 20.7 Å². The summed E-state index contributed by atoms with van der Waals surface area (Å²) in [5.41, 5.74) is 1.40. The lowest BCUT2D eigenvalue weighted by Gasteiger charge is -2.11. The van der Waals surface area contributed by atoms with Gasteiger partial charge in [-0.2, -0.15) is 4.98 Å². The summed E-state index contributed by atoms with van der Waals surface area (Å²) < 4.78 is 5.15. The van der Waals surface area contributed by atoms with Crippen LogP contribution in [0.5, 0.6) is 5.75 Å². The van der Waals surface area contributed by atoms with Crippen molar-refractivity contribution in [1.29, 1.82) is 0 Å². The van der Waals surface area contributed by atoms with Crippen molar-refractivity contribution in [2.24, 2.45) is 0 Å². The zero-order valence-electron chi connectivity index (χ0n) is 16.4. The van der Waals surface area contributed by atoms with E-state index in [1.165, 1.54) is 0 Å². The molecule has 0 bridgehead atoms. The number of aryl methyl sites for hydroxylation is 1. The molecule has 0 aliphatic carbocycles. The number of methoxy groups -OCH3 is 1. The number of unbranched alkanes of at least 4 members (excludes halogenated alkanes) is 1. The minimum atomic E-state index is -0.411. The summed E-state index contributed by atoms with van der Waals surface area (Å²) in [5, 5.41) is 8.69. The Morgan fingerprint density at radius 2 is 1.96 bits per heavy atom. The summed E-state index contributed by atoms with van der Waals surface area (Å²) in [6, 6.07) is 8.57. The molecule has 0 aliphatic heterocycles. The molecule has 0 unspecified atom stereocenters. The van der Waals surface area contributed by atoms with E-state index >= 15 is 0 Å². The van der Waals surface area contributed by atoms with Gasteiger partial charge in [0.2, 0.25) is 5.95 Å². The van der Waals surface area contributed by atoms with Crippen LogP contribution in [-0.2, 0) is 0 Å². The second kappa shape index (κ2) is 10.3. The molecular formula is C19H28N6O2. The molecule has 0 saturated carbocycles. The molecule has 2 amide bonds. The standard InChI is InChI=1S/C19H28N6O2/c1-14-12-17(20-10-5-6-11-25(2)3)23-18(21-14)24-19(26)22-15-8-7-9-16(13-15)27-4/h7-9,12-13H,5-6,10-11H2,1-4H3,(H3,20,21,22,23,24,26). The van der Waals surface area contributed by atoms with E-state index in [0.717, 1.165) is 31.6 Å². The molecule has 0 saturated heterocycles. The Kier molecular flexibility index (Phi) is 7.81. The van der Waals surface area contributed by atoms with E-state index in [9.17, 15) is 4.79 Å². The number of aromatic nitrogens is 2. The Hall–Kier alpha value is -2.87. The number of carbonyl (C=O) groups excluding carboxylic acids is 1. The summed E-state index contributed by atoms with van der Waals surface area (Å²) >= 11 is 0. The fourth-order valence-electron chi connectivity index (χ4n) is 2.45. The summed E-state index contributed by atoms with van der Waals surface area (Å²) in [6.07, 6.45) is 2.15. The fraction of sp³-hybridized carbons (Fsp3) is 0.421. The van der Waals surface area contributed by atoms with Crippen molar-refractivity contribution >= 4 is 23.5 Å². The third-order valence-electron chi connectivity index (χ3n) is 3.75. The maximum absolute atomic E-state index is 12.2. The van der Waals surface area contributed by atoms with Gasteiger partial charge in [-0.15, -0.1) is 0 Å². The SMILES string of the molecule is COc1cccc(NC(=O)Nc2nc(C)cc(NCCCCN(C)C)n2)c1. The highest BCUT2D eigenvalue weighted by atomic mass is 16.5. The maximum Gasteiger partial charge on any atom is 0.326 e. The highest BCUT2D eigenvalue weighted by molar-refractivity contribution is 5.98. The van der Waals surface area contributed by atoms with Crippen LogP contribution in [-0.4, -0.2) is 55.2 Å². The highest BCUT2D eigenvalue weighted by Crippen LogP contribution is 2.17. The van der Waals surface area contributed by atoms with Gasteiger partial charge < -0.3 is 20.3 Å². The Morgan fingerprint density at radius 3 is 2.70 bits per heavy atom. The zero-order chi connectivity index (χ0) is 19.6. The molecule has 1 aromatic heterocycles. The number of rotatable bonds is 9. The van der Waals surface area contributed by atoms with Crippen molar-refractivity contribution in [3.8, 4) is 5.75 Å². The quantitative estimate of drug-likeness (QED) is 0.586. The van der Waals surface area contributed by atoms with Crippen LogP contribution in [0.25, 0.3) is 0 Å². The number of amides is 2. The lowest BCUT2D eigenvalue weighted by Crippen LogP contribution is -2.21. The van der Waals surface area contributed by atoms with E-state index in [1.54, 1.807) is 25.3 Å². The highest BCUT2D eigenvalue weighted by Gasteiger charge is 2.08. The molecule has 2 rings (SSSR count). The molecule has 1 aromatic carbocycles. The molecule has 8 heteroatoms. The molecule has 0 radical (unpaired) electrons. The number of hydrogen-bond donors (Lipinski definition) is 3. The molecule has 8 nitrogen and oxygen atoms in total. The predicted octanol–water partition coefficient (Wildman–Crippen LogP) is 3.19. The Bertz CT molecular complexity index is 751. The third kappa shape index (κ3) is 7.49. The topological polar surface area (TPSA) is 91.4 Å². The number of hydrogen-bond acceptors (Lipinski definition) is 6. The second-order valence-electron chi connectivity index (χ2n) is 6.47. The first-order valence-electron chi connectivity index (χ1n) is 8.92. The summed E-state index contributed by atoms with van der Waals surface area (Å²) in [6.45, 7) is 3.74. The van der Waals surface area contributed by atoms with Crippen LogP contribution in [0, 0.1) is 6.92 Å². The van der Waals surface area contributed by atoms with E-state index in [0.29, 0.717) is 17.3 Å². The first-order valence-corrected chi connectivity index (χ1v) is 8.92. The van der Waals surface area contributed by atoms with E-state index < -0.39 is 6.03 Å². The molecule has 146 valence electrons. The second-order valence-corrected chi connectivity index (χ2v) is 6.47. The van der Waals surface area contributed by atoms with Crippen LogP contribution in [0.4, 0.5) is 22.2 Å². The molecule has 0 aliphatic rings. The molecule has 0 spiro atoms. The number of ether oxygens (including phenoxy) is 1. The monoisotopic (exact) mass is 372 g/mol. The molecule has 1 heterocycles. The lowest BCUT2D eigenvalue weighted by molar-refractivity contribution is 0.262. The minimum Gasteiger partial charge on any atom is -0.497 e. The lowest BCUT2D eigenvalue weighted by atomic mass is 10.3. The third-order valence-corrected chi connectivity index (χ3v) is 3.75. The summed E-state index contributed by atoms with van der Waals surface area (Å²) in [4.78, 5) is 23.0. The molecule has 2 aromatic rings. The van der Waals surface area contributed by atoms with E-state index in [-0.39, 0.29) is 5.95 Å². The van der Waals surface area contributed by atoms with Gasteiger partial charge in [0.1, 0.15) is 11.6 Å². The number of benzene rings is 1. The Balaban J connectivity index is 1.89. The van der Waals surface area contributed by atoms with Crippen molar-refractivity contribution in [2.75, 3.05) is 50.2 Å². The van der Waals surface area contributed by atoms with E-state index in [1.807, 2.05) is 19.1 Å². The van der Waals surface area contributed by atoms with Gasteiger partial charge in [-0.3, -0.25) is 5.32 Å². The van der Waals surface area contributed by atoms with Gasteiger partial charge in [0.15, 0.2) is 0 Å². The van der Waals surface area contributed by atoms with Crippen molar-refractivity contribution in [3.05, 3.63) is 36.0 Å². The van der Waals surface area contributed by atoms with Gasteiger partial charge in [-0.25, -0.2) is 9.78 Å². The smallest absolute Gasteiger partial charge is 0.326 e. The maximum atomic E-state index is 12.2. The van der Waals surface area contributed by atoms with Crippen LogP contribution in [0.15, 0.2) is 30.3 Å². The number of urea groups is 1. The fourth-order valence-corrected chi connectivity index (χ4v) is 2.45. The van der Waals surface area contributed by atoms with Crippen LogP contribution in [0.3, 0.4) is 0 Å². The molecule has 0 fully saturated rings. The molecule has 3 N–H and O–H groups in total. The van der Waals surface area contributed by atoms with E-state index in [2.05, 4.69) is 44.9 Å². The van der Waals surface area contributed by atoms with Crippen LogP contribution in [0.2, 0.25) is 0 Å². The molecule has 0 atom stereocenters. The number of nitrogens with one attached hydrogen (secondary N) is 3. The minimum absolute atomic E-state index is 0.256. The van der Waals surface area contributed by atoms with Gasteiger partial charge >= 0.3 is 6.03 Å². The number of nitrogens with zero attached hydrogens (tertiary/aromatic N) is 3. The predicted molar refractivity (Wildman–Crippen MR) is 109 cm³/mol. The largest absolute Gasteiger partial charge is 0.497 e. The average Bonchev–Trinajstić information content (AvgIpc) is 2.60. The molecule has 27 heavy (non-hydrogen) atoms. The van der Waals surface area contributed by atoms with Gasteiger partial charge in [0, 0.05) is 30.1 Å². The van der Waals surface area contributed by atoms with Gasteiger partial charge in [0.25, 0.3) is 0 Å². The van der Waals surface area contributed by atoms with Crippen molar-refractivity contribution in [1.82, 2.24) is 14.9 Å². The van der Waals surface area contributed by atoms with Gasteiger partial charge in [-0.05, 0) is 52.5 Å². The van der Waals surface area contributed by atoms with Crippen molar-refractivity contribution < 1.29 is 9.53 Å². The van der Waals surface area contributed by atoms with Crippen LogP contribution in [0.1, 0.15) is 18.5 Å². The molecular weight excluding hydrogens is 344 g/mol. The number of anilines is 3. The first-order chi connectivity index (χ1) is 13.0.